The first-order chi connectivity index (χ1) is 6.52. The van der Waals surface area contributed by atoms with Crippen LogP contribution < -0.4 is 5.73 Å². The Hall–Kier alpha value is -1.30. The predicted molar refractivity (Wildman–Crippen MR) is 52.3 cm³/mol. The molecule has 2 amide bonds. The Balaban J connectivity index is 2.56. The van der Waals surface area contributed by atoms with Gasteiger partial charge in [-0.2, -0.15) is 0 Å². The minimum absolute atomic E-state index is 0.0266. The highest BCUT2D eigenvalue weighted by molar-refractivity contribution is 5.83. The summed E-state index contributed by atoms with van der Waals surface area (Å²) in [4.78, 5) is 14.7. The molecule has 1 heterocycles. The van der Waals surface area contributed by atoms with Gasteiger partial charge in [0.2, 0.25) is 0 Å². The van der Waals surface area contributed by atoms with E-state index in [2.05, 4.69) is 0 Å². The van der Waals surface area contributed by atoms with Crippen LogP contribution >= 0.6 is 0 Å². The maximum atomic E-state index is 11.6. The third kappa shape index (κ3) is 2.35. The molecule has 0 spiro atoms. The van der Waals surface area contributed by atoms with Crippen LogP contribution in [0.25, 0.3) is 0 Å². The SMILES string of the molecule is CN(C)C(=O)N1CCOC(C(=N)N)C1. The van der Waals surface area contributed by atoms with E-state index in [1.54, 1.807) is 19.0 Å². The van der Waals surface area contributed by atoms with E-state index < -0.39 is 6.10 Å². The third-order valence-corrected chi connectivity index (χ3v) is 2.07. The zero-order valence-corrected chi connectivity index (χ0v) is 8.49. The molecule has 0 aromatic rings. The summed E-state index contributed by atoms with van der Waals surface area (Å²) in [5.74, 6) is -0.0266. The molecule has 14 heavy (non-hydrogen) atoms. The molecule has 0 radical (unpaired) electrons. The summed E-state index contributed by atoms with van der Waals surface area (Å²) in [7, 11) is 3.39. The number of nitrogens with zero attached hydrogens (tertiary/aromatic N) is 2. The van der Waals surface area contributed by atoms with Crippen molar-refractivity contribution in [2.45, 2.75) is 6.10 Å². The van der Waals surface area contributed by atoms with E-state index in [4.69, 9.17) is 15.9 Å². The molecule has 6 heteroatoms. The number of hydrogen-bond acceptors (Lipinski definition) is 3. The molecule has 1 aliphatic heterocycles. The molecule has 80 valence electrons. The van der Waals surface area contributed by atoms with E-state index in [1.807, 2.05) is 0 Å². The van der Waals surface area contributed by atoms with Gasteiger partial charge >= 0.3 is 6.03 Å². The fraction of sp³-hybridized carbons (Fsp3) is 0.750. The van der Waals surface area contributed by atoms with Gasteiger partial charge in [-0.1, -0.05) is 0 Å². The molecule has 1 unspecified atom stereocenters. The number of ether oxygens (including phenoxy) is 1. The molecule has 1 aliphatic rings. The molecular formula is C8H16N4O2. The summed E-state index contributed by atoms with van der Waals surface area (Å²) >= 11 is 0. The van der Waals surface area contributed by atoms with Gasteiger partial charge < -0.3 is 20.3 Å². The molecule has 0 bridgehead atoms. The maximum absolute atomic E-state index is 11.6. The number of amides is 2. The molecule has 1 atom stereocenters. The molecular weight excluding hydrogens is 184 g/mol. The Morgan fingerprint density at radius 3 is 2.79 bits per heavy atom. The minimum Gasteiger partial charge on any atom is -0.385 e. The van der Waals surface area contributed by atoms with Crippen LogP contribution in [0.5, 0.6) is 0 Å². The van der Waals surface area contributed by atoms with Gasteiger partial charge in [-0.15, -0.1) is 0 Å². The molecule has 1 rings (SSSR count). The number of carbonyl (C=O) groups is 1. The average Bonchev–Trinajstić information content (AvgIpc) is 2.16. The number of nitrogens with one attached hydrogen (secondary N) is 1. The van der Waals surface area contributed by atoms with Gasteiger partial charge in [0.25, 0.3) is 0 Å². The first-order valence-electron chi connectivity index (χ1n) is 4.44. The Labute approximate surface area is 83.1 Å². The number of amidine groups is 1. The second-order valence-electron chi connectivity index (χ2n) is 3.44. The van der Waals surface area contributed by atoms with Crippen LogP contribution in [0.2, 0.25) is 0 Å². The first-order valence-corrected chi connectivity index (χ1v) is 4.44. The third-order valence-electron chi connectivity index (χ3n) is 2.07. The fourth-order valence-corrected chi connectivity index (χ4v) is 1.29. The summed E-state index contributed by atoms with van der Waals surface area (Å²) in [6.45, 7) is 1.36. The molecule has 1 saturated heterocycles. The Bertz CT molecular complexity index is 241. The highest BCUT2D eigenvalue weighted by Gasteiger charge is 2.26. The summed E-state index contributed by atoms with van der Waals surface area (Å²) < 4.78 is 5.24. The lowest BCUT2D eigenvalue weighted by molar-refractivity contribution is 0.0163. The van der Waals surface area contributed by atoms with Crippen molar-refractivity contribution in [1.82, 2.24) is 9.80 Å². The van der Waals surface area contributed by atoms with Crippen LogP contribution in [0.1, 0.15) is 0 Å². The highest BCUT2D eigenvalue weighted by atomic mass is 16.5. The van der Waals surface area contributed by atoms with Gasteiger partial charge in [-0.3, -0.25) is 5.41 Å². The number of nitrogens with two attached hydrogens (primary N) is 1. The highest BCUT2D eigenvalue weighted by Crippen LogP contribution is 2.06. The lowest BCUT2D eigenvalue weighted by Crippen LogP contribution is -2.52. The van der Waals surface area contributed by atoms with Crippen LogP contribution in [0.3, 0.4) is 0 Å². The first kappa shape index (κ1) is 10.8. The van der Waals surface area contributed by atoms with Crippen molar-refractivity contribution < 1.29 is 9.53 Å². The smallest absolute Gasteiger partial charge is 0.319 e. The van der Waals surface area contributed by atoms with Crippen LogP contribution in [0, 0.1) is 5.41 Å². The van der Waals surface area contributed by atoms with E-state index in [0.29, 0.717) is 19.7 Å². The second-order valence-corrected chi connectivity index (χ2v) is 3.44. The van der Waals surface area contributed by atoms with Crippen LogP contribution in [-0.4, -0.2) is 61.6 Å². The monoisotopic (exact) mass is 200 g/mol. The maximum Gasteiger partial charge on any atom is 0.319 e. The lowest BCUT2D eigenvalue weighted by Gasteiger charge is -2.33. The fourth-order valence-electron chi connectivity index (χ4n) is 1.29. The molecule has 0 saturated carbocycles. The molecule has 0 aliphatic carbocycles. The van der Waals surface area contributed by atoms with Crippen molar-refractivity contribution >= 4 is 11.9 Å². The van der Waals surface area contributed by atoms with Gasteiger partial charge in [-0.25, -0.2) is 4.79 Å². The van der Waals surface area contributed by atoms with E-state index in [0.717, 1.165) is 0 Å². The summed E-state index contributed by atoms with van der Waals surface area (Å²) in [6.07, 6.45) is -0.451. The largest absolute Gasteiger partial charge is 0.385 e. The van der Waals surface area contributed by atoms with Crippen molar-refractivity contribution in [3.05, 3.63) is 0 Å². The van der Waals surface area contributed by atoms with Crippen molar-refractivity contribution in [2.24, 2.45) is 5.73 Å². The molecule has 3 N–H and O–H groups in total. The van der Waals surface area contributed by atoms with Gasteiger partial charge in [0, 0.05) is 20.6 Å². The lowest BCUT2D eigenvalue weighted by atomic mass is 10.2. The Morgan fingerprint density at radius 2 is 2.29 bits per heavy atom. The van der Waals surface area contributed by atoms with Crippen molar-refractivity contribution in [1.29, 1.82) is 5.41 Å². The van der Waals surface area contributed by atoms with Crippen LogP contribution in [-0.2, 0) is 4.74 Å². The molecule has 6 nitrogen and oxygen atoms in total. The predicted octanol–water partition coefficient (Wildman–Crippen LogP) is -0.695. The van der Waals surface area contributed by atoms with Gasteiger partial charge in [0.1, 0.15) is 11.9 Å². The van der Waals surface area contributed by atoms with Crippen LogP contribution in [0.15, 0.2) is 0 Å². The van der Waals surface area contributed by atoms with Gasteiger partial charge in [0.15, 0.2) is 0 Å². The quantitative estimate of drug-likeness (QED) is 0.434. The molecule has 1 fully saturated rings. The zero-order chi connectivity index (χ0) is 10.7. The van der Waals surface area contributed by atoms with Crippen molar-refractivity contribution in [3.63, 3.8) is 0 Å². The number of urea groups is 1. The van der Waals surface area contributed by atoms with Gasteiger partial charge in [0.05, 0.1) is 13.2 Å². The van der Waals surface area contributed by atoms with Crippen molar-refractivity contribution in [2.75, 3.05) is 33.8 Å². The topological polar surface area (TPSA) is 82.7 Å². The second kappa shape index (κ2) is 4.28. The van der Waals surface area contributed by atoms with Crippen LogP contribution in [0.4, 0.5) is 4.79 Å². The van der Waals surface area contributed by atoms with E-state index in [1.165, 1.54) is 4.90 Å². The average molecular weight is 200 g/mol. The van der Waals surface area contributed by atoms with Crippen molar-refractivity contribution in [3.8, 4) is 0 Å². The van der Waals surface area contributed by atoms with E-state index in [-0.39, 0.29) is 11.9 Å². The molecule has 0 aromatic heterocycles. The summed E-state index contributed by atoms with van der Waals surface area (Å²) in [6, 6.07) is -0.0699. The number of morpholine rings is 1. The zero-order valence-electron chi connectivity index (χ0n) is 8.49. The Morgan fingerprint density at radius 1 is 1.64 bits per heavy atom. The normalized spacial score (nSPS) is 21.9. The standard InChI is InChI=1S/C8H16N4O2/c1-11(2)8(13)12-3-4-14-6(5-12)7(9)10/h6H,3-5H2,1-2H3,(H3,9,10). The number of carbonyl (C=O) groups excluding carboxylic acids is 1. The summed E-state index contributed by atoms with van der Waals surface area (Å²) in [5, 5.41) is 7.23. The minimum atomic E-state index is -0.451. The van der Waals surface area contributed by atoms with Gasteiger partial charge in [-0.05, 0) is 0 Å². The molecule has 0 aromatic carbocycles. The Kier molecular flexibility index (Phi) is 3.29. The summed E-state index contributed by atoms with van der Waals surface area (Å²) in [5.41, 5.74) is 5.31. The number of hydrogen-bond donors (Lipinski definition) is 2. The van der Waals surface area contributed by atoms with E-state index in [9.17, 15) is 4.79 Å². The number of rotatable bonds is 1. The van der Waals surface area contributed by atoms with E-state index >= 15 is 0 Å².